The third-order valence-electron chi connectivity index (χ3n) is 3.52. The predicted octanol–water partition coefficient (Wildman–Crippen LogP) is 4.45. The van der Waals surface area contributed by atoms with Crippen molar-refractivity contribution in [3.63, 3.8) is 0 Å². The summed E-state index contributed by atoms with van der Waals surface area (Å²) >= 11 is 0. The van der Waals surface area contributed by atoms with Crippen molar-refractivity contribution in [1.29, 1.82) is 0 Å². The van der Waals surface area contributed by atoms with E-state index in [9.17, 15) is 4.79 Å². The zero-order valence-corrected chi connectivity index (χ0v) is 14.7. The fourth-order valence-electron chi connectivity index (χ4n) is 2.47. The Morgan fingerprint density at radius 1 is 1.13 bits per heavy atom. The summed E-state index contributed by atoms with van der Waals surface area (Å²) < 4.78 is 5.69. The van der Waals surface area contributed by atoms with Crippen molar-refractivity contribution in [2.45, 2.75) is 59.0 Å². The summed E-state index contributed by atoms with van der Waals surface area (Å²) in [5.41, 5.74) is 0.886. The molecule has 0 saturated heterocycles. The van der Waals surface area contributed by atoms with Crippen LogP contribution in [0.25, 0.3) is 5.76 Å². The molecule has 1 aromatic rings. The molecule has 1 aromatic carbocycles. The van der Waals surface area contributed by atoms with E-state index < -0.39 is 0 Å². The molecular weight excluding hydrogens is 290 g/mol. The van der Waals surface area contributed by atoms with E-state index in [1.54, 1.807) is 4.90 Å². The lowest BCUT2D eigenvalue weighted by Crippen LogP contribution is -2.42. The molecular formula is C19H29NO3. The van der Waals surface area contributed by atoms with Gasteiger partial charge in [-0.2, -0.15) is 0 Å². The highest BCUT2D eigenvalue weighted by Gasteiger charge is 2.23. The zero-order valence-electron chi connectivity index (χ0n) is 14.7. The first kappa shape index (κ1) is 19.2. The first-order valence-corrected chi connectivity index (χ1v) is 8.34. The molecule has 0 aliphatic rings. The largest absolute Gasteiger partial charge is 0.415 e. The number of aliphatic hydroxyl groups is 1. The Morgan fingerprint density at radius 2 is 1.74 bits per heavy atom. The Kier molecular flexibility index (Phi) is 8.41. The third kappa shape index (κ3) is 6.45. The highest BCUT2D eigenvalue weighted by molar-refractivity contribution is 5.77. The van der Waals surface area contributed by atoms with E-state index in [0.717, 1.165) is 24.8 Å². The van der Waals surface area contributed by atoms with Crippen molar-refractivity contribution >= 4 is 11.9 Å². The summed E-state index contributed by atoms with van der Waals surface area (Å²) in [6.07, 6.45) is 3.98. The Bertz CT molecular complexity index is 487. The van der Waals surface area contributed by atoms with Crippen LogP contribution in [0.3, 0.4) is 0 Å². The number of carbonyl (C=O) groups excluding carboxylic acids is 1. The maximum atomic E-state index is 12.5. The Hall–Kier alpha value is -1.81. The van der Waals surface area contributed by atoms with Gasteiger partial charge in [-0.1, -0.05) is 30.3 Å². The van der Waals surface area contributed by atoms with Crippen molar-refractivity contribution in [2.75, 3.05) is 6.61 Å². The smallest absolute Gasteiger partial charge is 0.410 e. The van der Waals surface area contributed by atoms with Gasteiger partial charge in [-0.3, -0.25) is 0 Å². The maximum absolute atomic E-state index is 12.5. The van der Waals surface area contributed by atoms with Crippen LogP contribution in [0.5, 0.6) is 0 Å². The minimum Gasteiger partial charge on any atom is -0.410 e. The standard InChI is InChI=1S/C19H29NO3/c1-15(2)20(16(3)4)19(22)23-18(13-9-6-10-14-21)17-11-7-5-8-12-17/h5,7-8,11-13,15-16,21H,6,9-10,14H2,1-4H3/b18-13-. The van der Waals surface area contributed by atoms with Gasteiger partial charge in [0.2, 0.25) is 0 Å². The van der Waals surface area contributed by atoms with Crippen molar-refractivity contribution in [3.8, 4) is 0 Å². The fraction of sp³-hybridized carbons (Fsp3) is 0.526. The molecule has 0 fully saturated rings. The van der Waals surface area contributed by atoms with Gasteiger partial charge in [-0.15, -0.1) is 0 Å². The van der Waals surface area contributed by atoms with E-state index in [1.807, 2.05) is 64.1 Å². The highest BCUT2D eigenvalue weighted by atomic mass is 16.6. The lowest BCUT2D eigenvalue weighted by Gasteiger charge is -2.30. The molecule has 0 atom stereocenters. The lowest BCUT2D eigenvalue weighted by molar-refractivity contribution is 0.114. The van der Waals surface area contributed by atoms with Crippen LogP contribution in [-0.4, -0.2) is 34.8 Å². The van der Waals surface area contributed by atoms with Crippen molar-refractivity contribution in [1.82, 2.24) is 4.90 Å². The van der Waals surface area contributed by atoms with Gasteiger partial charge < -0.3 is 14.7 Å². The van der Waals surface area contributed by atoms with E-state index in [1.165, 1.54) is 0 Å². The van der Waals surface area contributed by atoms with E-state index in [-0.39, 0.29) is 24.8 Å². The van der Waals surface area contributed by atoms with E-state index in [4.69, 9.17) is 9.84 Å². The SMILES string of the molecule is CC(C)N(C(=O)O/C(=C\CCCCO)c1ccccc1)C(C)C. The van der Waals surface area contributed by atoms with Gasteiger partial charge in [-0.25, -0.2) is 4.79 Å². The van der Waals surface area contributed by atoms with Crippen LogP contribution in [0.1, 0.15) is 52.5 Å². The molecule has 0 aliphatic carbocycles. The molecule has 128 valence electrons. The number of amides is 1. The summed E-state index contributed by atoms with van der Waals surface area (Å²) in [6.45, 7) is 8.11. The molecule has 0 saturated carbocycles. The number of benzene rings is 1. The molecule has 1 N–H and O–H groups in total. The van der Waals surface area contributed by atoms with Gasteiger partial charge in [0.15, 0.2) is 0 Å². The molecule has 0 unspecified atom stereocenters. The highest BCUT2D eigenvalue weighted by Crippen LogP contribution is 2.20. The van der Waals surface area contributed by atoms with Crippen LogP contribution in [0.2, 0.25) is 0 Å². The van der Waals surface area contributed by atoms with E-state index in [0.29, 0.717) is 5.76 Å². The molecule has 0 bridgehead atoms. The van der Waals surface area contributed by atoms with Gasteiger partial charge in [-0.05, 0) is 53.0 Å². The molecule has 1 rings (SSSR count). The van der Waals surface area contributed by atoms with Gasteiger partial charge in [0, 0.05) is 24.3 Å². The molecule has 1 amide bonds. The number of unbranched alkanes of at least 4 members (excludes halogenated alkanes) is 2. The number of carbonyl (C=O) groups is 1. The molecule has 4 nitrogen and oxygen atoms in total. The molecule has 4 heteroatoms. The Morgan fingerprint density at radius 3 is 2.26 bits per heavy atom. The molecule has 0 aromatic heterocycles. The summed E-state index contributed by atoms with van der Waals surface area (Å²) in [4.78, 5) is 14.2. The average Bonchev–Trinajstić information content (AvgIpc) is 2.50. The van der Waals surface area contributed by atoms with Gasteiger partial charge >= 0.3 is 6.09 Å². The first-order valence-electron chi connectivity index (χ1n) is 8.34. The molecule has 0 heterocycles. The summed E-state index contributed by atoms with van der Waals surface area (Å²) in [5.74, 6) is 0.583. The molecule has 0 radical (unpaired) electrons. The minimum absolute atomic E-state index is 0.0777. The van der Waals surface area contributed by atoms with Crippen LogP contribution in [0.4, 0.5) is 4.79 Å². The zero-order chi connectivity index (χ0) is 17.2. The Labute approximate surface area is 139 Å². The van der Waals surface area contributed by atoms with Gasteiger partial charge in [0.1, 0.15) is 5.76 Å². The fourth-order valence-corrected chi connectivity index (χ4v) is 2.47. The maximum Gasteiger partial charge on any atom is 0.415 e. The van der Waals surface area contributed by atoms with Crippen molar-refractivity contribution in [2.24, 2.45) is 0 Å². The summed E-state index contributed by atoms with van der Waals surface area (Å²) in [6, 6.07) is 9.80. The lowest BCUT2D eigenvalue weighted by atomic mass is 10.1. The topological polar surface area (TPSA) is 49.8 Å². The monoisotopic (exact) mass is 319 g/mol. The average molecular weight is 319 g/mol. The number of hydrogen-bond donors (Lipinski definition) is 1. The third-order valence-corrected chi connectivity index (χ3v) is 3.52. The number of aliphatic hydroxyl groups excluding tert-OH is 1. The minimum atomic E-state index is -0.327. The van der Waals surface area contributed by atoms with Crippen LogP contribution in [0.15, 0.2) is 36.4 Å². The molecule has 0 aliphatic heterocycles. The van der Waals surface area contributed by atoms with Crippen LogP contribution in [-0.2, 0) is 4.74 Å². The summed E-state index contributed by atoms with van der Waals surface area (Å²) in [7, 11) is 0. The van der Waals surface area contributed by atoms with Crippen molar-refractivity contribution < 1.29 is 14.6 Å². The van der Waals surface area contributed by atoms with Crippen molar-refractivity contribution in [3.05, 3.63) is 42.0 Å². The number of ether oxygens (including phenoxy) is 1. The Balaban J connectivity index is 2.90. The van der Waals surface area contributed by atoms with E-state index >= 15 is 0 Å². The number of nitrogens with zero attached hydrogens (tertiary/aromatic N) is 1. The first-order chi connectivity index (χ1) is 11.0. The van der Waals surface area contributed by atoms with Crippen LogP contribution in [0, 0.1) is 0 Å². The van der Waals surface area contributed by atoms with E-state index in [2.05, 4.69) is 0 Å². The van der Waals surface area contributed by atoms with Crippen LogP contribution >= 0.6 is 0 Å². The quantitative estimate of drug-likeness (QED) is 0.569. The molecule has 23 heavy (non-hydrogen) atoms. The normalized spacial score (nSPS) is 11.9. The van der Waals surface area contributed by atoms with Gasteiger partial charge in [0.05, 0.1) is 0 Å². The van der Waals surface area contributed by atoms with Gasteiger partial charge in [0.25, 0.3) is 0 Å². The second kappa shape index (κ2) is 10.1. The van der Waals surface area contributed by atoms with Crippen LogP contribution < -0.4 is 0 Å². The second-order valence-corrected chi connectivity index (χ2v) is 6.12. The summed E-state index contributed by atoms with van der Waals surface area (Å²) in [5, 5.41) is 8.88. The number of hydrogen-bond acceptors (Lipinski definition) is 3. The number of allylic oxidation sites excluding steroid dienone is 1. The second-order valence-electron chi connectivity index (χ2n) is 6.12. The number of rotatable bonds is 8. The predicted molar refractivity (Wildman–Crippen MR) is 93.9 cm³/mol. The molecule has 0 spiro atoms.